The van der Waals surface area contributed by atoms with Crippen molar-refractivity contribution in [2.45, 2.75) is 19.4 Å². The van der Waals surface area contributed by atoms with Crippen molar-refractivity contribution in [3.05, 3.63) is 39.7 Å². The number of benzene rings is 1. The number of hydrogen-bond donors (Lipinski definition) is 2. The summed E-state index contributed by atoms with van der Waals surface area (Å²) < 4.78 is 13.5. The molecule has 1 aromatic rings. The van der Waals surface area contributed by atoms with Gasteiger partial charge in [-0.2, -0.15) is 0 Å². The Hall–Kier alpha value is -2.02. The van der Waals surface area contributed by atoms with Gasteiger partial charge in [-0.15, -0.1) is 0 Å². The summed E-state index contributed by atoms with van der Waals surface area (Å²) in [5.74, 6) is -1.67. The van der Waals surface area contributed by atoms with Crippen LogP contribution in [0.1, 0.15) is 23.7 Å². The van der Waals surface area contributed by atoms with E-state index in [1.54, 1.807) is 6.92 Å². The number of non-ortho nitro benzene ring substituents is 1. The smallest absolute Gasteiger partial charge is 0.272 e. The molecule has 0 aliphatic heterocycles. The summed E-state index contributed by atoms with van der Waals surface area (Å²) >= 11 is 0. The molecule has 1 amide bonds. The van der Waals surface area contributed by atoms with Crippen LogP contribution >= 0.6 is 0 Å². The highest BCUT2D eigenvalue weighted by molar-refractivity contribution is 5.94. The van der Waals surface area contributed by atoms with Crippen LogP contribution in [0.5, 0.6) is 0 Å². The maximum Gasteiger partial charge on any atom is 0.272 e. The van der Waals surface area contributed by atoms with Crippen LogP contribution in [0.2, 0.25) is 0 Å². The third kappa shape index (κ3) is 3.24. The predicted molar refractivity (Wildman–Crippen MR) is 61.7 cm³/mol. The van der Waals surface area contributed by atoms with Gasteiger partial charge in [-0.3, -0.25) is 14.9 Å². The number of aliphatic hydroxyl groups is 1. The standard InChI is InChI=1S/C11H13FN2O4/c1-2-7(6-15)13-11(16)9-4-3-8(14(17)18)5-10(9)12/h3-5,7,15H,2,6H2,1H3,(H,13,16)/t7-/m0/s1. The Kier molecular flexibility index (Phi) is 4.73. The molecule has 0 fully saturated rings. The van der Waals surface area contributed by atoms with Crippen molar-refractivity contribution in [3.8, 4) is 0 Å². The predicted octanol–water partition coefficient (Wildman–Crippen LogP) is 1.23. The average molecular weight is 256 g/mol. The number of rotatable bonds is 5. The van der Waals surface area contributed by atoms with Crippen LogP contribution in [0, 0.1) is 15.9 Å². The zero-order valence-electron chi connectivity index (χ0n) is 9.72. The molecule has 0 aromatic heterocycles. The number of nitrogens with one attached hydrogen (secondary N) is 1. The Balaban J connectivity index is 2.90. The van der Waals surface area contributed by atoms with E-state index in [0.717, 1.165) is 12.1 Å². The van der Waals surface area contributed by atoms with Crippen LogP contribution in [0.25, 0.3) is 0 Å². The summed E-state index contributed by atoms with van der Waals surface area (Å²) in [4.78, 5) is 21.3. The minimum absolute atomic E-state index is 0.253. The lowest BCUT2D eigenvalue weighted by molar-refractivity contribution is -0.385. The number of carbonyl (C=O) groups excluding carboxylic acids is 1. The zero-order valence-corrected chi connectivity index (χ0v) is 9.72. The summed E-state index contributed by atoms with van der Waals surface area (Å²) in [5.41, 5.74) is -0.703. The van der Waals surface area contributed by atoms with Crippen LogP contribution < -0.4 is 5.32 Å². The molecule has 0 aliphatic rings. The molecule has 0 heterocycles. The largest absolute Gasteiger partial charge is 0.394 e. The lowest BCUT2D eigenvalue weighted by Crippen LogP contribution is -2.37. The number of aliphatic hydroxyl groups excluding tert-OH is 1. The summed E-state index contributed by atoms with van der Waals surface area (Å²) in [7, 11) is 0. The molecule has 7 heteroatoms. The molecule has 0 bridgehead atoms. The molecule has 98 valence electrons. The number of nitro groups is 1. The third-order valence-corrected chi connectivity index (χ3v) is 2.46. The Morgan fingerprint density at radius 2 is 2.28 bits per heavy atom. The van der Waals surface area contributed by atoms with Crippen LogP contribution in [0.3, 0.4) is 0 Å². The number of amides is 1. The second kappa shape index (κ2) is 6.06. The van der Waals surface area contributed by atoms with E-state index < -0.39 is 28.4 Å². The lowest BCUT2D eigenvalue weighted by atomic mass is 10.1. The third-order valence-electron chi connectivity index (χ3n) is 2.46. The van der Waals surface area contributed by atoms with Crippen molar-refractivity contribution in [3.63, 3.8) is 0 Å². The average Bonchev–Trinajstić information content (AvgIpc) is 2.35. The number of carbonyl (C=O) groups is 1. The van der Waals surface area contributed by atoms with Crippen molar-refractivity contribution in [2.24, 2.45) is 0 Å². The van der Waals surface area contributed by atoms with Gasteiger partial charge in [0.2, 0.25) is 0 Å². The SMILES string of the molecule is CC[C@@H](CO)NC(=O)c1ccc([N+](=O)[O-])cc1F. The molecule has 0 unspecified atom stereocenters. The quantitative estimate of drug-likeness (QED) is 0.612. The van der Waals surface area contributed by atoms with Crippen molar-refractivity contribution < 1.29 is 19.2 Å². The van der Waals surface area contributed by atoms with Gasteiger partial charge in [0, 0.05) is 6.07 Å². The van der Waals surface area contributed by atoms with Gasteiger partial charge in [0.1, 0.15) is 5.82 Å². The molecule has 1 aromatic carbocycles. The number of nitrogens with zero attached hydrogens (tertiary/aromatic N) is 1. The Morgan fingerprint density at radius 1 is 1.61 bits per heavy atom. The Labute approximate surface area is 103 Å². The van der Waals surface area contributed by atoms with Crippen molar-refractivity contribution >= 4 is 11.6 Å². The highest BCUT2D eigenvalue weighted by Crippen LogP contribution is 2.16. The van der Waals surface area contributed by atoms with Gasteiger partial charge < -0.3 is 10.4 Å². The van der Waals surface area contributed by atoms with Gasteiger partial charge in [-0.25, -0.2) is 4.39 Å². The van der Waals surface area contributed by atoms with Gasteiger partial charge in [0.25, 0.3) is 11.6 Å². The maximum atomic E-state index is 13.5. The van der Waals surface area contributed by atoms with Gasteiger partial charge in [0.05, 0.1) is 29.2 Å². The molecule has 0 spiro atoms. The molecule has 6 nitrogen and oxygen atoms in total. The van der Waals surface area contributed by atoms with E-state index in [-0.39, 0.29) is 12.2 Å². The number of halogens is 1. The van der Waals surface area contributed by atoms with E-state index in [1.165, 1.54) is 0 Å². The fourth-order valence-electron chi connectivity index (χ4n) is 1.34. The fraction of sp³-hybridized carbons (Fsp3) is 0.364. The lowest BCUT2D eigenvalue weighted by Gasteiger charge is -2.14. The van der Waals surface area contributed by atoms with E-state index >= 15 is 0 Å². The molecule has 0 aliphatic carbocycles. The second-order valence-corrected chi connectivity index (χ2v) is 3.68. The molecule has 0 saturated carbocycles. The van der Waals surface area contributed by atoms with Crippen LogP contribution in [0.4, 0.5) is 10.1 Å². The van der Waals surface area contributed by atoms with E-state index in [1.807, 2.05) is 0 Å². The van der Waals surface area contributed by atoms with Gasteiger partial charge in [0.15, 0.2) is 0 Å². The first-order valence-electron chi connectivity index (χ1n) is 5.35. The maximum absolute atomic E-state index is 13.5. The van der Waals surface area contributed by atoms with E-state index in [0.29, 0.717) is 12.5 Å². The van der Waals surface area contributed by atoms with Crippen molar-refractivity contribution in [2.75, 3.05) is 6.61 Å². The van der Waals surface area contributed by atoms with Gasteiger partial charge in [-0.05, 0) is 12.5 Å². The highest BCUT2D eigenvalue weighted by atomic mass is 19.1. The molecule has 2 N–H and O–H groups in total. The second-order valence-electron chi connectivity index (χ2n) is 3.68. The molecular weight excluding hydrogens is 243 g/mol. The topological polar surface area (TPSA) is 92.5 Å². The van der Waals surface area contributed by atoms with E-state index in [9.17, 15) is 19.3 Å². The van der Waals surface area contributed by atoms with Crippen LogP contribution in [-0.2, 0) is 0 Å². The summed E-state index contributed by atoms with van der Waals surface area (Å²) in [6.45, 7) is 1.50. The molecule has 0 radical (unpaired) electrons. The van der Waals surface area contributed by atoms with Crippen LogP contribution in [-0.4, -0.2) is 28.6 Å². The molecule has 1 atom stereocenters. The number of hydrogen-bond acceptors (Lipinski definition) is 4. The minimum atomic E-state index is -0.963. The minimum Gasteiger partial charge on any atom is -0.394 e. The molecular formula is C11H13FN2O4. The Morgan fingerprint density at radius 3 is 2.72 bits per heavy atom. The molecule has 18 heavy (non-hydrogen) atoms. The zero-order chi connectivity index (χ0) is 13.7. The normalized spacial score (nSPS) is 11.9. The fourth-order valence-corrected chi connectivity index (χ4v) is 1.34. The number of nitro benzene ring substituents is 1. The van der Waals surface area contributed by atoms with E-state index in [4.69, 9.17) is 5.11 Å². The molecule has 0 saturated heterocycles. The first-order chi connectivity index (χ1) is 8.49. The van der Waals surface area contributed by atoms with Gasteiger partial charge in [-0.1, -0.05) is 6.92 Å². The first-order valence-corrected chi connectivity index (χ1v) is 5.35. The van der Waals surface area contributed by atoms with Crippen molar-refractivity contribution in [1.29, 1.82) is 0 Å². The summed E-state index contributed by atoms with van der Waals surface area (Å²) in [5, 5.41) is 21.7. The Bertz CT molecular complexity index is 460. The summed E-state index contributed by atoms with van der Waals surface area (Å²) in [6.07, 6.45) is 0.497. The van der Waals surface area contributed by atoms with Crippen molar-refractivity contribution in [1.82, 2.24) is 5.32 Å². The van der Waals surface area contributed by atoms with E-state index in [2.05, 4.69) is 5.32 Å². The summed E-state index contributed by atoms with van der Waals surface area (Å²) in [6, 6.07) is 2.33. The van der Waals surface area contributed by atoms with Crippen LogP contribution in [0.15, 0.2) is 18.2 Å². The molecule has 1 rings (SSSR count). The highest BCUT2D eigenvalue weighted by Gasteiger charge is 2.18. The first kappa shape index (κ1) is 14.0. The monoisotopic (exact) mass is 256 g/mol. The van der Waals surface area contributed by atoms with Gasteiger partial charge >= 0.3 is 0 Å².